The van der Waals surface area contributed by atoms with Crippen LogP contribution in [0.1, 0.15) is 17.2 Å². The van der Waals surface area contributed by atoms with E-state index in [0.717, 1.165) is 67.1 Å². The molecule has 0 amide bonds. The highest BCUT2D eigenvalue weighted by Crippen LogP contribution is 2.31. The van der Waals surface area contributed by atoms with Crippen molar-refractivity contribution in [3.63, 3.8) is 0 Å². The molecule has 3 aromatic rings. The lowest BCUT2D eigenvalue weighted by molar-refractivity contribution is 0.0735. The largest absolute Gasteiger partial charge is 0.486 e. The summed E-state index contributed by atoms with van der Waals surface area (Å²) in [7, 11) is 1.61. The summed E-state index contributed by atoms with van der Waals surface area (Å²) in [6.45, 7) is 6.75. The summed E-state index contributed by atoms with van der Waals surface area (Å²) in [6, 6.07) is 16.0. The number of para-hydroxylation sites is 1. The SMILES string of the molecule is COc1ccc2cccc(C(O)CN3CCN(CCc4ccc5c(c4)OCCO5)CC3)c2n1. The summed E-state index contributed by atoms with van der Waals surface area (Å²) < 4.78 is 16.6. The molecule has 0 saturated carbocycles. The predicted octanol–water partition coefficient (Wildman–Crippen LogP) is 2.91. The molecule has 2 aliphatic rings. The number of rotatable bonds is 7. The third-order valence-electron chi connectivity index (χ3n) is 6.51. The number of nitrogens with zero attached hydrogens (tertiary/aromatic N) is 3. The van der Waals surface area contributed by atoms with Gasteiger partial charge in [0.1, 0.15) is 13.2 Å². The van der Waals surface area contributed by atoms with Crippen LogP contribution in [0.15, 0.2) is 48.5 Å². The number of β-amino-alcohol motifs (C(OH)–C–C–N with tert-alkyl or cyclic N) is 1. The molecule has 33 heavy (non-hydrogen) atoms. The first-order valence-corrected chi connectivity index (χ1v) is 11.6. The van der Waals surface area contributed by atoms with E-state index in [-0.39, 0.29) is 0 Å². The normalized spacial score (nSPS) is 17.8. The van der Waals surface area contributed by atoms with Gasteiger partial charge >= 0.3 is 0 Å². The number of pyridine rings is 1. The van der Waals surface area contributed by atoms with Crippen LogP contribution in [0, 0.1) is 0 Å². The van der Waals surface area contributed by atoms with E-state index in [0.29, 0.717) is 25.6 Å². The third-order valence-corrected chi connectivity index (χ3v) is 6.51. The van der Waals surface area contributed by atoms with E-state index in [2.05, 4.69) is 26.9 Å². The minimum atomic E-state index is -0.586. The van der Waals surface area contributed by atoms with Crippen molar-refractivity contribution in [3.05, 3.63) is 59.7 Å². The second-order valence-corrected chi connectivity index (χ2v) is 8.66. The maximum absolute atomic E-state index is 11.0. The summed E-state index contributed by atoms with van der Waals surface area (Å²) >= 11 is 0. The fourth-order valence-electron chi connectivity index (χ4n) is 4.60. The van der Waals surface area contributed by atoms with E-state index < -0.39 is 6.10 Å². The molecule has 0 spiro atoms. The summed E-state index contributed by atoms with van der Waals surface area (Å²) in [5, 5.41) is 12.0. The number of aliphatic hydroxyl groups is 1. The number of ether oxygens (including phenoxy) is 3. The zero-order valence-corrected chi connectivity index (χ0v) is 19.1. The van der Waals surface area contributed by atoms with Gasteiger partial charge in [0, 0.05) is 56.3 Å². The van der Waals surface area contributed by atoms with Gasteiger partial charge in [0.2, 0.25) is 5.88 Å². The first-order chi connectivity index (χ1) is 16.2. The fourth-order valence-corrected chi connectivity index (χ4v) is 4.60. The Morgan fingerprint density at radius 2 is 1.76 bits per heavy atom. The molecular formula is C26H31N3O4. The molecule has 2 aliphatic heterocycles. The topological polar surface area (TPSA) is 67.3 Å². The Bertz CT molecular complexity index is 1100. The average molecular weight is 450 g/mol. The predicted molar refractivity (Wildman–Crippen MR) is 127 cm³/mol. The number of aliphatic hydroxyl groups excluding tert-OH is 1. The molecule has 5 rings (SSSR count). The van der Waals surface area contributed by atoms with Gasteiger partial charge in [-0.25, -0.2) is 4.98 Å². The van der Waals surface area contributed by atoms with Gasteiger partial charge in [-0.05, 0) is 30.2 Å². The molecule has 1 N–H and O–H groups in total. The quantitative estimate of drug-likeness (QED) is 0.595. The minimum Gasteiger partial charge on any atom is -0.486 e. The zero-order valence-electron chi connectivity index (χ0n) is 19.1. The van der Waals surface area contributed by atoms with Crippen LogP contribution in [0.25, 0.3) is 10.9 Å². The Morgan fingerprint density at radius 1 is 0.970 bits per heavy atom. The molecule has 1 fully saturated rings. The number of piperazine rings is 1. The lowest BCUT2D eigenvalue weighted by atomic mass is 10.0. The van der Waals surface area contributed by atoms with Crippen molar-refractivity contribution in [1.82, 2.24) is 14.8 Å². The van der Waals surface area contributed by atoms with Gasteiger partial charge in [0.15, 0.2) is 11.5 Å². The molecule has 2 aromatic carbocycles. The highest BCUT2D eigenvalue weighted by Gasteiger charge is 2.21. The first-order valence-electron chi connectivity index (χ1n) is 11.6. The second-order valence-electron chi connectivity index (χ2n) is 8.66. The molecule has 0 aliphatic carbocycles. The van der Waals surface area contributed by atoms with Crippen LogP contribution in [0.4, 0.5) is 0 Å². The van der Waals surface area contributed by atoms with Crippen LogP contribution < -0.4 is 14.2 Å². The van der Waals surface area contributed by atoms with Crippen LogP contribution in [0.3, 0.4) is 0 Å². The number of aromatic nitrogens is 1. The van der Waals surface area contributed by atoms with Crippen LogP contribution in [-0.4, -0.2) is 79.5 Å². The molecule has 1 saturated heterocycles. The molecule has 1 atom stereocenters. The van der Waals surface area contributed by atoms with E-state index in [4.69, 9.17) is 14.2 Å². The fraction of sp³-hybridized carbons (Fsp3) is 0.423. The van der Waals surface area contributed by atoms with E-state index in [9.17, 15) is 5.11 Å². The Balaban J connectivity index is 1.14. The van der Waals surface area contributed by atoms with Crippen molar-refractivity contribution in [2.75, 3.05) is 59.6 Å². The maximum atomic E-state index is 11.0. The van der Waals surface area contributed by atoms with Gasteiger partial charge in [0.05, 0.1) is 18.7 Å². The summed E-state index contributed by atoms with van der Waals surface area (Å²) in [5.74, 6) is 2.27. The standard InChI is InChI=1S/C26H31N3O4/c1-31-25-8-6-20-3-2-4-21(26(20)27-25)22(30)18-29-13-11-28(12-14-29)10-9-19-5-7-23-24(17-19)33-16-15-32-23/h2-8,17,22,30H,9-16,18H2,1H3. The highest BCUT2D eigenvalue weighted by atomic mass is 16.6. The Hall–Kier alpha value is -2.87. The summed E-state index contributed by atoms with van der Waals surface area (Å²) in [5.41, 5.74) is 2.94. The zero-order chi connectivity index (χ0) is 22.6. The van der Waals surface area contributed by atoms with E-state index in [1.165, 1.54) is 5.56 Å². The molecular weight excluding hydrogens is 418 g/mol. The van der Waals surface area contributed by atoms with Crippen molar-refractivity contribution in [3.8, 4) is 17.4 Å². The molecule has 7 heteroatoms. The monoisotopic (exact) mass is 449 g/mol. The van der Waals surface area contributed by atoms with Crippen LogP contribution in [-0.2, 0) is 6.42 Å². The molecule has 0 bridgehead atoms. The van der Waals surface area contributed by atoms with Crippen molar-refractivity contribution in [2.24, 2.45) is 0 Å². The van der Waals surface area contributed by atoms with E-state index in [1.807, 2.05) is 36.4 Å². The van der Waals surface area contributed by atoms with Gasteiger partial charge in [0.25, 0.3) is 0 Å². The first kappa shape index (κ1) is 21.9. The number of benzene rings is 2. The molecule has 7 nitrogen and oxygen atoms in total. The van der Waals surface area contributed by atoms with E-state index in [1.54, 1.807) is 7.11 Å². The molecule has 174 valence electrons. The van der Waals surface area contributed by atoms with Crippen molar-refractivity contribution in [1.29, 1.82) is 0 Å². The highest BCUT2D eigenvalue weighted by molar-refractivity contribution is 5.82. The number of hydrogen-bond acceptors (Lipinski definition) is 7. The minimum absolute atomic E-state index is 0.564. The maximum Gasteiger partial charge on any atom is 0.213 e. The number of fused-ring (bicyclic) bond motifs is 2. The molecule has 1 aromatic heterocycles. The van der Waals surface area contributed by atoms with Crippen LogP contribution >= 0.6 is 0 Å². The summed E-state index contributed by atoms with van der Waals surface area (Å²) in [6.07, 6.45) is 0.403. The molecule has 1 unspecified atom stereocenters. The Labute approximate surface area is 194 Å². The Morgan fingerprint density at radius 3 is 2.58 bits per heavy atom. The van der Waals surface area contributed by atoms with E-state index >= 15 is 0 Å². The van der Waals surface area contributed by atoms with Crippen LogP contribution in [0.2, 0.25) is 0 Å². The van der Waals surface area contributed by atoms with Gasteiger partial charge in [-0.2, -0.15) is 0 Å². The van der Waals surface area contributed by atoms with Crippen LogP contribution in [0.5, 0.6) is 17.4 Å². The second kappa shape index (κ2) is 9.95. The van der Waals surface area contributed by atoms with Crippen molar-refractivity contribution in [2.45, 2.75) is 12.5 Å². The summed E-state index contributed by atoms with van der Waals surface area (Å²) in [4.78, 5) is 9.40. The average Bonchev–Trinajstić information content (AvgIpc) is 2.87. The lowest BCUT2D eigenvalue weighted by Crippen LogP contribution is -2.47. The van der Waals surface area contributed by atoms with Gasteiger partial charge in [-0.15, -0.1) is 0 Å². The molecule has 3 heterocycles. The molecule has 0 radical (unpaired) electrons. The number of hydrogen-bond donors (Lipinski definition) is 1. The van der Waals surface area contributed by atoms with Gasteiger partial charge in [-0.3, -0.25) is 4.90 Å². The van der Waals surface area contributed by atoms with Crippen molar-refractivity contribution < 1.29 is 19.3 Å². The van der Waals surface area contributed by atoms with Gasteiger partial charge in [-0.1, -0.05) is 24.3 Å². The van der Waals surface area contributed by atoms with Gasteiger partial charge < -0.3 is 24.2 Å². The van der Waals surface area contributed by atoms with Crippen molar-refractivity contribution >= 4 is 10.9 Å². The lowest BCUT2D eigenvalue weighted by Gasteiger charge is -2.35. The Kier molecular flexibility index (Phi) is 6.62. The smallest absolute Gasteiger partial charge is 0.213 e. The number of methoxy groups -OCH3 is 1. The third kappa shape index (κ3) is 5.05.